The van der Waals surface area contributed by atoms with Gasteiger partial charge in [-0.15, -0.1) is 0 Å². The number of methoxy groups -OCH3 is 1. The molecular formula is C19H40N2O12. The van der Waals surface area contributed by atoms with E-state index in [-0.39, 0.29) is 25.8 Å². The average Bonchev–Trinajstić information content (AvgIpc) is 2.82. The smallest absolute Gasteiger partial charge is 0.322 e. The zero-order valence-corrected chi connectivity index (χ0v) is 18.6. The summed E-state index contributed by atoms with van der Waals surface area (Å²) in [5.74, 6) is -0.619. The van der Waals surface area contributed by atoms with Crippen molar-refractivity contribution in [2.75, 3.05) is 26.9 Å². The summed E-state index contributed by atoms with van der Waals surface area (Å²) >= 11 is 0. The summed E-state index contributed by atoms with van der Waals surface area (Å²) in [6.45, 7) is -2.02. The number of carbonyl (C=O) groups is 1. The van der Waals surface area contributed by atoms with E-state index in [1.165, 1.54) is 7.11 Å². The second kappa shape index (κ2) is 16.6. The van der Waals surface area contributed by atoms with Crippen LogP contribution in [-0.2, 0) is 9.53 Å². The highest BCUT2D eigenvalue weighted by Gasteiger charge is 2.33. The molecule has 0 aliphatic carbocycles. The van der Waals surface area contributed by atoms with Crippen LogP contribution in [0.15, 0.2) is 0 Å². The highest BCUT2D eigenvalue weighted by molar-refractivity contribution is 5.75. The molecule has 1 unspecified atom stereocenters. The maximum Gasteiger partial charge on any atom is 0.322 e. The van der Waals surface area contributed by atoms with Crippen LogP contribution in [-0.4, -0.2) is 145 Å². The molecule has 0 aromatic carbocycles. The van der Waals surface area contributed by atoms with Gasteiger partial charge in [0.2, 0.25) is 0 Å². The predicted octanol–water partition coefficient (Wildman–Crippen LogP) is -6.12. The lowest BCUT2D eigenvalue weighted by atomic mass is 9.94. The van der Waals surface area contributed by atoms with Gasteiger partial charge in [-0.05, 0) is 25.7 Å². The van der Waals surface area contributed by atoms with Gasteiger partial charge in [0.05, 0.1) is 32.5 Å². The van der Waals surface area contributed by atoms with Gasteiger partial charge in [-0.3, -0.25) is 4.79 Å². The van der Waals surface area contributed by atoms with Crippen LogP contribution in [0.1, 0.15) is 25.7 Å². The molecule has 14 heteroatoms. The number of esters is 1. The van der Waals surface area contributed by atoms with Crippen molar-refractivity contribution >= 4 is 5.97 Å². The summed E-state index contributed by atoms with van der Waals surface area (Å²) in [7, 11) is 1.19. The first-order valence-electron chi connectivity index (χ1n) is 10.6. The second-order valence-corrected chi connectivity index (χ2v) is 8.00. The quantitative estimate of drug-likeness (QED) is 0.0801. The van der Waals surface area contributed by atoms with Crippen LogP contribution in [0, 0.1) is 0 Å². The van der Waals surface area contributed by atoms with E-state index in [0.29, 0.717) is 6.42 Å². The largest absolute Gasteiger partial charge is 0.468 e. The Morgan fingerprint density at radius 3 is 1.70 bits per heavy atom. The van der Waals surface area contributed by atoms with Gasteiger partial charge >= 0.3 is 5.97 Å². The number of ether oxygens (including phenoxy) is 1. The topological polar surface area (TPSA) is 267 Å². The summed E-state index contributed by atoms with van der Waals surface area (Å²) in [6, 6.07) is -1.56. The van der Waals surface area contributed by atoms with Gasteiger partial charge in [0.1, 0.15) is 42.7 Å². The molecule has 0 rings (SSSR count). The molecular weight excluding hydrogens is 448 g/mol. The SMILES string of the molecule is COC(=O)[C@@H](N)CCCC(C[C@H](O)[C@@H](O)[C@H](O)[C@H](O)CO)NC[C@H](O)[C@@H](O)[C@H](O)[C@H](O)CO. The predicted molar refractivity (Wildman–Crippen MR) is 112 cm³/mol. The third-order valence-electron chi connectivity index (χ3n) is 5.36. The number of hydrogen-bond acceptors (Lipinski definition) is 14. The minimum Gasteiger partial charge on any atom is -0.468 e. The van der Waals surface area contributed by atoms with Crippen molar-refractivity contribution in [2.45, 2.75) is 86.6 Å². The van der Waals surface area contributed by atoms with E-state index in [2.05, 4.69) is 10.1 Å². The minimum absolute atomic E-state index is 0.210. The summed E-state index contributed by atoms with van der Waals surface area (Å²) in [6.07, 6.45) is -13.2. The molecule has 0 saturated carbocycles. The fourth-order valence-corrected chi connectivity index (χ4v) is 3.12. The fourth-order valence-electron chi connectivity index (χ4n) is 3.12. The third-order valence-corrected chi connectivity index (χ3v) is 5.36. The van der Waals surface area contributed by atoms with Gasteiger partial charge in [-0.2, -0.15) is 0 Å². The number of nitrogens with two attached hydrogens (primary N) is 1. The Morgan fingerprint density at radius 1 is 0.788 bits per heavy atom. The first-order chi connectivity index (χ1) is 15.4. The molecule has 14 nitrogen and oxygen atoms in total. The molecule has 0 aromatic rings. The van der Waals surface area contributed by atoms with Gasteiger partial charge < -0.3 is 66.9 Å². The first kappa shape index (κ1) is 32.0. The van der Waals surface area contributed by atoms with Crippen LogP contribution < -0.4 is 11.1 Å². The number of nitrogens with one attached hydrogen (secondary N) is 1. The molecule has 10 atom stereocenters. The Hall–Kier alpha value is -1.01. The number of aliphatic hydroxyl groups is 10. The van der Waals surface area contributed by atoms with Crippen LogP contribution in [0.5, 0.6) is 0 Å². The van der Waals surface area contributed by atoms with E-state index in [0.717, 1.165) is 0 Å². The average molecular weight is 489 g/mol. The molecule has 0 fully saturated rings. The molecule has 0 spiro atoms. The zero-order chi connectivity index (χ0) is 25.7. The zero-order valence-electron chi connectivity index (χ0n) is 18.6. The fraction of sp³-hybridized carbons (Fsp3) is 0.947. The number of hydrogen-bond donors (Lipinski definition) is 12. The van der Waals surface area contributed by atoms with Gasteiger partial charge in [0, 0.05) is 12.6 Å². The molecule has 0 heterocycles. The number of aliphatic hydroxyl groups excluding tert-OH is 10. The summed E-state index contributed by atoms with van der Waals surface area (Å²) in [5, 5.41) is 99.1. The highest BCUT2D eigenvalue weighted by atomic mass is 16.5. The maximum absolute atomic E-state index is 11.4. The van der Waals surface area contributed by atoms with Crippen LogP contribution in [0.4, 0.5) is 0 Å². The Labute approximate surface area is 191 Å². The Kier molecular flexibility index (Phi) is 16.1. The van der Waals surface area contributed by atoms with Crippen molar-refractivity contribution in [1.29, 1.82) is 0 Å². The van der Waals surface area contributed by atoms with E-state index in [1.807, 2.05) is 0 Å². The molecule has 0 aliphatic rings. The highest BCUT2D eigenvalue weighted by Crippen LogP contribution is 2.15. The van der Waals surface area contributed by atoms with Crippen LogP contribution in [0.3, 0.4) is 0 Å². The maximum atomic E-state index is 11.4. The molecule has 0 amide bonds. The summed E-state index contributed by atoms with van der Waals surface area (Å²) in [4.78, 5) is 11.4. The summed E-state index contributed by atoms with van der Waals surface area (Å²) < 4.78 is 4.53. The van der Waals surface area contributed by atoms with Crippen molar-refractivity contribution in [1.82, 2.24) is 5.32 Å². The Balaban J connectivity index is 5.08. The lowest BCUT2D eigenvalue weighted by Gasteiger charge is -2.30. The van der Waals surface area contributed by atoms with Gasteiger partial charge in [-0.1, -0.05) is 0 Å². The van der Waals surface area contributed by atoms with Crippen LogP contribution in [0.2, 0.25) is 0 Å². The minimum atomic E-state index is -1.83. The van der Waals surface area contributed by atoms with Gasteiger partial charge in [0.15, 0.2) is 0 Å². The molecule has 0 aliphatic heterocycles. The van der Waals surface area contributed by atoms with E-state index in [4.69, 9.17) is 15.9 Å². The molecule has 0 radical (unpaired) electrons. The standard InChI is InChI=1S/C19H40N2O12/c1-33-19(32)10(20)4-2-3-9(5-11(24)15(28)17(30)13(26)7-22)21-6-12(25)16(29)18(31)14(27)8-23/h9-18,21-31H,2-8,20H2,1H3/t9?,10-,11-,12-,13+,14+,15+,16+,17+,18+/m0/s1. The normalized spacial score (nSPS) is 21.2. The molecule has 0 saturated heterocycles. The molecule has 13 N–H and O–H groups in total. The van der Waals surface area contributed by atoms with E-state index in [9.17, 15) is 45.6 Å². The van der Waals surface area contributed by atoms with Crippen molar-refractivity contribution < 1.29 is 60.6 Å². The monoisotopic (exact) mass is 488 g/mol. The van der Waals surface area contributed by atoms with Gasteiger partial charge in [-0.25, -0.2) is 0 Å². The van der Waals surface area contributed by atoms with E-state index < -0.39 is 80.1 Å². The van der Waals surface area contributed by atoms with Gasteiger partial charge in [0.25, 0.3) is 0 Å². The second-order valence-electron chi connectivity index (χ2n) is 8.00. The van der Waals surface area contributed by atoms with Crippen LogP contribution >= 0.6 is 0 Å². The van der Waals surface area contributed by atoms with Crippen molar-refractivity contribution in [2.24, 2.45) is 5.73 Å². The molecule has 198 valence electrons. The van der Waals surface area contributed by atoms with Crippen molar-refractivity contribution in [3.8, 4) is 0 Å². The number of carbonyl (C=O) groups excluding carboxylic acids is 1. The van der Waals surface area contributed by atoms with Crippen molar-refractivity contribution in [3.05, 3.63) is 0 Å². The third kappa shape index (κ3) is 11.3. The lowest BCUT2D eigenvalue weighted by Crippen LogP contribution is -2.51. The Morgan fingerprint density at radius 2 is 1.24 bits per heavy atom. The van der Waals surface area contributed by atoms with E-state index >= 15 is 0 Å². The Bertz CT molecular complexity index is 531. The first-order valence-corrected chi connectivity index (χ1v) is 10.6. The summed E-state index contributed by atoms with van der Waals surface area (Å²) in [5.41, 5.74) is 5.67. The lowest BCUT2D eigenvalue weighted by molar-refractivity contribution is -0.142. The molecule has 0 bridgehead atoms. The van der Waals surface area contributed by atoms with Crippen molar-refractivity contribution in [3.63, 3.8) is 0 Å². The number of rotatable bonds is 18. The molecule has 33 heavy (non-hydrogen) atoms. The van der Waals surface area contributed by atoms with Crippen LogP contribution in [0.25, 0.3) is 0 Å². The van der Waals surface area contributed by atoms with E-state index in [1.54, 1.807) is 0 Å². The molecule has 0 aromatic heterocycles.